The predicted octanol–water partition coefficient (Wildman–Crippen LogP) is -0.411. The van der Waals surface area contributed by atoms with Gasteiger partial charge in [-0.3, -0.25) is 4.79 Å². The van der Waals surface area contributed by atoms with Gasteiger partial charge in [0.25, 0.3) is 0 Å². The lowest BCUT2D eigenvalue weighted by Gasteiger charge is -2.04. The van der Waals surface area contributed by atoms with E-state index < -0.39 is 0 Å². The first-order valence-corrected chi connectivity index (χ1v) is 1.89. The summed E-state index contributed by atoms with van der Waals surface area (Å²) in [6.07, 6.45) is 1.62. The minimum atomic E-state index is 0.309. The largest absolute Gasteiger partial charge is 0.364 e. The molecule has 3 nitrogen and oxygen atoms in total. The summed E-state index contributed by atoms with van der Waals surface area (Å²) in [5.74, 6) is 0. The normalized spacial score (nSPS) is 8.29. The summed E-state index contributed by atoms with van der Waals surface area (Å²) < 4.78 is 4.56. The van der Waals surface area contributed by atoms with E-state index in [1.165, 1.54) is 12.0 Å². The molecule has 0 N–H and O–H groups in total. The van der Waals surface area contributed by atoms with E-state index in [1.54, 1.807) is 13.5 Å². The zero-order valence-electron chi connectivity index (χ0n) is 4.47. The number of hydrogen-bond donors (Lipinski definition) is 0. The molecule has 3 heteroatoms. The highest BCUT2D eigenvalue weighted by atomic mass is 16.5. The zero-order valence-corrected chi connectivity index (χ0v) is 4.47. The summed E-state index contributed by atoms with van der Waals surface area (Å²) in [5.41, 5.74) is 0. The van der Waals surface area contributed by atoms with Crippen molar-refractivity contribution in [3.05, 3.63) is 0 Å². The first kappa shape index (κ1) is 6.43. The molecular weight excluding hydrogens is 94.0 g/mol. The van der Waals surface area contributed by atoms with Gasteiger partial charge in [0.2, 0.25) is 0 Å². The molecule has 0 aromatic heterocycles. The number of methoxy groups -OCH3 is 1. The molecule has 0 aliphatic carbocycles. The molecule has 0 aromatic carbocycles. The third-order valence-electron chi connectivity index (χ3n) is 0.479. The summed E-state index contributed by atoms with van der Waals surface area (Å²) in [5, 5.41) is 0. The lowest BCUT2D eigenvalue weighted by Crippen LogP contribution is -2.17. The second kappa shape index (κ2) is 3.61. The van der Waals surface area contributed by atoms with Crippen LogP contribution in [-0.2, 0) is 9.53 Å². The van der Waals surface area contributed by atoms with Gasteiger partial charge >= 0.3 is 6.41 Å². The topological polar surface area (TPSA) is 29.5 Å². The fourth-order valence-corrected chi connectivity index (χ4v) is 0.220. The van der Waals surface area contributed by atoms with Crippen molar-refractivity contribution in [2.45, 2.75) is 0 Å². The Labute approximate surface area is 42.9 Å². The van der Waals surface area contributed by atoms with Crippen molar-refractivity contribution in [2.75, 3.05) is 20.9 Å². The molecule has 0 aromatic rings. The van der Waals surface area contributed by atoms with Gasteiger partial charge in [-0.05, 0) is 0 Å². The van der Waals surface area contributed by atoms with E-state index in [-0.39, 0.29) is 0 Å². The van der Waals surface area contributed by atoms with E-state index in [4.69, 9.17) is 0 Å². The van der Waals surface area contributed by atoms with Crippen molar-refractivity contribution in [3.8, 4) is 0 Å². The first-order valence-electron chi connectivity index (χ1n) is 1.89. The van der Waals surface area contributed by atoms with E-state index in [2.05, 4.69) is 4.74 Å². The van der Waals surface area contributed by atoms with Crippen LogP contribution in [0, 0.1) is 0 Å². The maximum Gasteiger partial charge on any atom is 0.313 e. The zero-order chi connectivity index (χ0) is 5.70. The maximum absolute atomic E-state index is 9.62. The van der Waals surface area contributed by atoms with Crippen molar-refractivity contribution in [1.82, 2.24) is 4.90 Å². The van der Waals surface area contributed by atoms with Gasteiger partial charge in [-0.15, -0.1) is 0 Å². The Kier molecular flexibility index (Phi) is 3.32. The van der Waals surface area contributed by atoms with Crippen molar-refractivity contribution in [1.29, 1.82) is 0 Å². The summed E-state index contributed by atoms with van der Waals surface area (Å²) in [4.78, 5) is 10.9. The molecule has 1 radical (unpaired) electrons. The number of nitrogens with zero attached hydrogens (tertiary/aromatic N) is 1. The van der Waals surface area contributed by atoms with Crippen LogP contribution in [0.25, 0.3) is 0 Å². The van der Waals surface area contributed by atoms with Crippen LogP contribution in [0.4, 0.5) is 0 Å². The minimum absolute atomic E-state index is 0.309. The van der Waals surface area contributed by atoms with E-state index in [0.717, 1.165) is 0 Å². The Morgan fingerprint density at radius 2 is 2.43 bits per heavy atom. The predicted molar refractivity (Wildman–Crippen MR) is 25.3 cm³/mol. The van der Waals surface area contributed by atoms with Gasteiger partial charge < -0.3 is 9.64 Å². The highest BCUT2D eigenvalue weighted by molar-refractivity contribution is 5.46. The first-order chi connectivity index (χ1) is 3.31. The summed E-state index contributed by atoms with van der Waals surface area (Å²) in [6.45, 7) is 0.309. The average Bonchev–Trinajstić information content (AvgIpc) is 1.68. The molecule has 0 heterocycles. The molecule has 1 amide bonds. The van der Waals surface area contributed by atoms with Crippen LogP contribution in [0.5, 0.6) is 0 Å². The van der Waals surface area contributed by atoms with E-state index in [0.29, 0.717) is 6.73 Å². The third-order valence-corrected chi connectivity index (χ3v) is 0.479. The number of ether oxygens (including phenoxy) is 1. The Morgan fingerprint density at radius 1 is 1.86 bits per heavy atom. The number of hydrogen-bond acceptors (Lipinski definition) is 2. The maximum atomic E-state index is 9.62. The third kappa shape index (κ3) is 3.26. The van der Waals surface area contributed by atoms with Crippen LogP contribution >= 0.6 is 0 Å². The van der Waals surface area contributed by atoms with Crippen molar-refractivity contribution in [3.63, 3.8) is 0 Å². The quantitative estimate of drug-likeness (QED) is 0.358. The van der Waals surface area contributed by atoms with E-state index in [9.17, 15) is 4.79 Å². The highest BCUT2D eigenvalue weighted by Crippen LogP contribution is 1.70. The van der Waals surface area contributed by atoms with Crippen LogP contribution in [0.15, 0.2) is 0 Å². The molecule has 0 spiro atoms. The number of carbonyl (C=O) groups excluding carboxylic acids is 1. The molecule has 0 unspecified atom stereocenters. The van der Waals surface area contributed by atoms with Gasteiger partial charge in [-0.25, -0.2) is 0 Å². The highest BCUT2D eigenvalue weighted by Gasteiger charge is 1.86. The number of rotatable bonds is 3. The van der Waals surface area contributed by atoms with Gasteiger partial charge in [0.05, 0.1) is 0 Å². The summed E-state index contributed by atoms with van der Waals surface area (Å²) >= 11 is 0. The summed E-state index contributed by atoms with van der Waals surface area (Å²) in [7, 11) is 3.12. The second-order valence-corrected chi connectivity index (χ2v) is 1.21. The molecule has 0 atom stereocenters. The molecule has 0 saturated carbocycles. The van der Waals surface area contributed by atoms with Crippen LogP contribution in [0.1, 0.15) is 0 Å². The van der Waals surface area contributed by atoms with Crippen molar-refractivity contribution >= 4 is 6.41 Å². The fourth-order valence-electron chi connectivity index (χ4n) is 0.220. The van der Waals surface area contributed by atoms with Crippen molar-refractivity contribution < 1.29 is 9.53 Å². The molecule has 0 aliphatic rings. The lowest BCUT2D eigenvalue weighted by atomic mass is 10.9. The molecule has 41 valence electrons. The molecule has 7 heavy (non-hydrogen) atoms. The lowest BCUT2D eigenvalue weighted by molar-refractivity contribution is 0.122. The molecule has 0 bridgehead atoms. The number of amides is 1. The second-order valence-electron chi connectivity index (χ2n) is 1.21. The van der Waals surface area contributed by atoms with E-state index >= 15 is 0 Å². The monoisotopic (exact) mass is 102 g/mol. The molecule has 0 saturated heterocycles. The van der Waals surface area contributed by atoms with Gasteiger partial charge in [0.15, 0.2) is 0 Å². The average molecular weight is 102 g/mol. The SMILES string of the molecule is COCN(C)[C]=O. The molecular formula is C4H8NO2. The minimum Gasteiger partial charge on any atom is -0.364 e. The van der Waals surface area contributed by atoms with Crippen LogP contribution in [-0.4, -0.2) is 32.2 Å². The Morgan fingerprint density at radius 3 is 2.57 bits per heavy atom. The van der Waals surface area contributed by atoms with Gasteiger partial charge in [0.1, 0.15) is 6.73 Å². The van der Waals surface area contributed by atoms with Gasteiger partial charge in [-0.1, -0.05) is 0 Å². The van der Waals surface area contributed by atoms with Gasteiger partial charge in [-0.2, -0.15) is 0 Å². The smallest absolute Gasteiger partial charge is 0.313 e. The van der Waals surface area contributed by atoms with Crippen molar-refractivity contribution in [2.24, 2.45) is 0 Å². The van der Waals surface area contributed by atoms with E-state index in [1.807, 2.05) is 0 Å². The fraction of sp³-hybridized carbons (Fsp3) is 0.750. The standard InChI is InChI=1S/C4H8NO2/c1-5(3-6)4-7-2/h4H2,1-2H3. The molecule has 0 fully saturated rings. The van der Waals surface area contributed by atoms with Crippen LogP contribution in [0.3, 0.4) is 0 Å². The van der Waals surface area contributed by atoms with Crippen LogP contribution < -0.4 is 0 Å². The Bertz CT molecular complexity index is 55.7. The van der Waals surface area contributed by atoms with Crippen LogP contribution in [0.2, 0.25) is 0 Å². The van der Waals surface area contributed by atoms with Gasteiger partial charge in [0, 0.05) is 14.2 Å². The molecule has 0 aliphatic heterocycles. The molecule has 0 rings (SSSR count). The Hall–Kier alpha value is -0.570. The summed E-state index contributed by atoms with van der Waals surface area (Å²) in [6, 6.07) is 0. The Balaban J connectivity index is 2.98.